The van der Waals surface area contributed by atoms with Crippen LogP contribution in [0, 0.1) is 5.92 Å². The molecule has 0 saturated heterocycles. The van der Waals surface area contributed by atoms with E-state index in [1.807, 2.05) is 47.4 Å². The lowest BCUT2D eigenvalue weighted by molar-refractivity contribution is -0.135. The number of hydrogen-bond donors (Lipinski definition) is 0. The Morgan fingerprint density at radius 3 is 2.43 bits per heavy atom. The van der Waals surface area contributed by atoms with Gasteiger partial charge in [-0.2, -0.15) is 0 Å². The molecule has 0 bridgehead atoms. The minimum absolute atomic E-state index is 0.0337. The summed E-state index contributed by atoms with van der Waals surface area (Å²) in [7, 11) is 0. The van der Waals surface area contributed by atoms with E-state index >= 15 is 0 Å². The Morgan fingerprint density at radius 1 is 1.03 bits per heavy atom. The average Bonchev–Trinajstić information content (AvgIpc) is 3.39. The number of hydrogen-bond acceptors (Lipinski definition) is 4. The molecule has 196 valence electrons. The first kappa shape index (κ1) is 26.9. The highest BCUT2D eigenvalue weighted by atomic mass is 32.1. The first-order chi connectivity index (χ1) is 17.8. The van der Waals surface area contributed by atoms with Gasteiger partial charge in [0.25, 0.3) is 5.91 Å². The third-order valence-electron chi connectivity index (χ3n) is 6.98. The van der Waals surface area contributed by atoms with Crippen LogP contribution in [0.1, 0.15) is 72.4 Å². The smallest absolute Gasteiger partial charge is 0.254 e. The van der Waals surface area contributed by atoms with Gasteiger partial charge in [-0.3, -0.25) is 9.59 Å². The lowest BCUT2D eigenvalue weighted by Gasteiger charge is -2.37. The lowest BCUT2D eigenvalue weighted by Crippen LogP contribution is -2.48. The summed E-state index contributed by atoms with van der Waals surface area (Å²) in [5.41, 5.74) is 3.04. The van der Waals surface area contributed by atoms with Crippen LogP contribution in [-0.2, 0) is 11.2 Å². The van der Waals surface area contributed by atoms with E-state index in [1.54, 1.807) is 16.2 Å². The van der Waals surface area contributed by atoms with Crippen LogP contribution in [0.15, 0.2) is 66.0 Å². The summed E-state index contributed by atoms with van der Waals surface area (Å²) in [4.78, 5) is 32.0. The number of benzene rings is 2. The van der Waals surface area contributed by atoms with E-state index in [0.717, 1.165) is 24.2 Å². The number of amides is 2. The van der Waals surface area contributed by atoms with Gasteiger partial charge in [0, 0.05) is 23.5 Å². The van der Waals surface area contributed by atoms with Gasteiger partial charge in [-0.1, -0.05) is 58.0 Å². The van der Waals surface area contributed by atoms with Crippen molar-refractivity contribution < 1.29 is 14.3 Å². The molecule has 1 aliphatic heterocycles. The maximum Gasteiger partial charge on any atom is 0.254 e. The molecule has 0 aliphatic carbocycles. The summed E-state index contributed by atoms with van der Waals surface area (Å²) < 4.78 is 6.22. The molecule has 1 atom stereocenters. The third kappa shape index (κ3) is 6.80. The Hall–Kier alpha value is -3.12. The van der Waals surface area contributed by atoms with Crippen molar-refractivity contribution in [2.24, 2.45) is 5.92 Å². The van der Waals surface area contributed by atoms with E-state index in [0.29, 0.717) is 37.1 Å². The zero-order chi connectivity index (χ0) is 26.4. The van der Waals surface area contributed by atoms with Crippen molar-refractivity contribution in [2.45, 2.75) is 52.5 Å². The Bertz CT molecular complexity index is 1170. The molecule has 37 heavy (non-hydrogen) atoms. The normalized spacial score (nSPS) is 15.1. The molecule has 1 aromatic heterocycles. The van der Waals surface area contributed by atoms with Crippen molar-refractivity contribution in [3.8, 4) is 5.75 Å². The van der Waals surface area contributed by atoms with Crippen LogP contribution in [0.2, 0.25) is 0 Å². The molecule has 0 unspecified atom stereocenters. The summed E-state index contributed by atoms with van der Waals surface area (Å²) in [6.07, 6.45) is 1.68. The summed E-state index contributed by atoms with van der Waals surface area (Å²) >= 11 is 1.74. The van der Waals surface area contributed by atoms with Crippen molar-refractivity contribution in [2.75, 3.05) is 26.2 Å². The zero-order valence-corrected chi connectivity index (χ0v) is 23.2. The third-order valence-corrected chi connectivity index (χ3v) is 7.98. The quantitative estimate of drug-likeness (QED) is 0.305. The molecule has 0 N–H and O–H groups in total. The van der Waals surface area contributed by atoms with E-state index in [9.17, 15) is 9.59 Å². The van der Waals surface area contributed by atoms with Crippen molar-refractivity contribution in [3.63, 3.8) is 0 Å². The number of thiophene rings is 1. The molecular weight excluding hydrogens is 480 g/mol. The summed E-state index contributed by atoms with van der Waals surface area (Å²) in [6, 6.07) is 19.4. The molecule has 0 saturated carbocycles. The van der Waals surface area contributed by atoms with E-state index in [-0.39, 0.29) is 24.4 Å². The number of carbonyl (C=O) groups excluding carboxylic acids is 2. The maximum atomic E-state index is 13.7. The molecule has 0 spiro atoms. The highest BCUT2D eigenvalue weighted by Gasteiger charge is 2.33. The maximum absolute atomic E-state index is 13.7. The second-order valence-corrected chi connectivity index (χ2v) is 11.5. The number of rotatable bonds is 10. The van der Waals surface area contributed by atoms with Crippen LogP contribution >= 0.6 is 11.3 Å². The van der Waals surface area contributed by atoms with Gasteiger partial charge in [0.05, 0.1) is 6.04 Å². The molecule has 0 radical (unpaired) electrons. The van der Waals surface area contributed by atoms with Crippen LogP contribution in [0.25, 0.3) is 0 Å². The number of nitrogens with zero attached hydrogens (tertiary/aromatic N) is 2. The molecule has 4 rings (SSSR count). The molecule has 2 heterocycles. The minimum Gasteiger partial charge on any atom is -0.491 e. The van der Waals surface area contributed by atoms with Gasteiger partial charge in [-0.25, -0.2) is 0 Å². The standard InChI is InChI=1S/C31H38N2O3S/c1-22(2)14-17-32(31(35)25-8-6-5-7-9-25)20-30(34)33-18-15-29-27(16-19-37-29)28(33)21-36-26-12-10-24(11-13-26)23(3)4/h5-13,16,19,22-23,28H,14-15,17-18,20-21H2,1-4H3/t28-/m1/s1. The van der Waals surface area contributed by atoms with Gasteiger partial charge >= 0.3 is 0 Å². The van der Waals surface area contributed by atoms with Gasteiger partial charge in [0.1, 0.15) is 18.9 Å². The summed E-state index contributed by atoms with van der Waals surface area (Å²) in [5.74, 6) is 1.57. The molecule has 0 fully saturated rings. The number of ether oxygens (including phenoxy) is 1. The summed E-state index contributed by atoms with van der Waals surface area (Å²) in [6.45, 7) is 10.3. The second-order valence-electron chi connectivity index (χ2n) is 10.5. The van der Waals surface area contributed by atoms with Gasteiger partial charge in [0.2, 0.25) is 5.91 Å². The van der Waals surface area contributed by atoms with Gasteiger partial charge in [0.15, 0.2) is 0 Å². The number of carbonyl (C=O) groups is 2. The van der Waals surface area contributed by atoms with Crippen molar-refractivity contribution in [1.82, 2.24) is 9.80 Å². The predicted octanol–water partition coefficient (Wildman–Crippen LogP) is 6.56. The fraction of sp³-hybridized carbons (Fsp3) is 0.419. The molecule has 2 amide bonds. The SMILES string of the molecule is CC(C)CCN(CC(=O)N1CCc2sccc2[C@H]1COc1ccc(C(C)C)cc1)C(=O)c1ccccc1. The molecular formula is C31H38N2O3S. The largest absolute Gasteiger partial charge is 0.491 e. The molecule has 3 aromatic rings. The Kier molecular flexibility index (Phi) is 9.04. The Labute approximate surface area is 225 Å². The fourth-order valence-corrected chi connectivity index (χ4v) is 5.61. The van der Waals surface area contributed by atoms with Crippen molar-refractivity contribution >= 4 is 23.2 Å². The van der Waals surface area contributed by atoms with Gasteiger partial charge in [-0.15, -0.1) is 11.3 Å². The molecule has 6 heteroatoms. The fourth-order valence-electron chi connectivity index (χ4n) is 4.68. The highest BCUT2D eigenvalue weighted by Crippen LogP contribution is 2.34. The Morgan fingerprint density at radius 2 is 1.76 bits per heavy atom. The topological polar surface area (TPSA) is 49.9 Å². The molecule has 1 aliphatic rings. The molecule has 2 aromatic carbocycles. The molecule has 5 nitrogen and oxygen atoms in total. The van der Waals surface area contributed by atoms with Crippen molar-refractivity contribution in [3.05, 3.63) is 87.6 Å². The van der Waals surface area contributed by atoms with E-state index in [2.05, 4.69) is 51.3 Å². The first-order valence-corrected chi connectivity index (χ1v) is 14.1. The van der Waals surface area contributed by atoms with Crippen LogP contribution in [0.5, 0.6) is 5.75 Å². The number of fused-ring (bicyclic) bond motifs is 1. The average molecular weight is 519 g/mol. The Balaban J connectivity index is 1.51. The van der Waals surface area contributed by atoms with Crippen LogP contribution in [-0.4, -0.2) is 47.9 Å². The first-order valence-electron chi connectivity index (χ1n) is 13.3. The van der Waals surface area contributed by atoms with Crippen LogP contribution < -0.4 is 4.74 Å². The van der Waals surface area contributed by atoms with Crippen molar-refractivity contribution in [1.29, 1.82) is 0 Å². The highest BCUT2D eigenvalue weighted by molar-refractivity contribution is 7.10. The minimum atomic E-state index is -0.175. The van der Waals surface area contributed by atoms with Gasteiger partial charge < -0.3 is 14.5 Å². The second kappa shape index (κ2) is 12.4. The summed E-state index contributed by atoms with van der Waals surface area (Å²) in [5, 5.41) is 2.09. The zero-order valence-electron chi connectivity index (χ0n) is 22.4. The monoisotopic (exact) mass is 518 g/mol. The van der Waals surface area contributed by atoms with E-state index in [1.165, 1.54) is 10.4 Å². The van der Waals surface area contributed by atoms with E-state index in [4.69, 9.17) is 4.74 Å². The van der Waals surface area contributed by atoms with Crippen LogP contribution in [0.3, 0.4) is 0 Å². The van der Waals surface area contributed by atoms with E-state index < -0.39 is 0 Å². The predicted molar refractivity (Wildman–Crippen MR) is 150 cm³/mol. The van der Waals surface area contributed by atoms with Gasteiger partial charge in [-0.05, 0) is 71.5 Å². The van der Waals surface area contributed by atoms with Crippen LogP contribution in [0.4, 0.5) is 0 Å². The lowest BCUT2D eigenvalue weighted by atomic mass is 10.00.